The van der Waals surface area contributed by atoms with E-state index in [2.05, 4.69) is 9.97 Å². The number of benzene rings is 1. The molecule has 0 atom stereocenters. The van der Waals surface area contributed by atoms with E-state index < -0.39 is 0 Å². The molecule has 72 valence electrons. The van der Waals surface area contributed by atoms with Crippen LogP contribution >= 0.6 is 11.6 Å². The molecule has 14 heavy (non-hydrogen) atoms. The fraction of sp³-hybridized carbons (Fsp3) is 0.182. The molecular formula is C11H11ClN2. The van der Waals surface area contributed by atoms with E-state index >= 15 is 0 Å². The largest absolute Gasteiger partial charge is 0.346 e. The van der Waals surface area contributed by atoms with E-state index in [1.165, 1.54) is 0 Å². The van der Waals surface area contributed by atoms with Crippen molar-refractivity contribution in [3.8, 4) is 0 Å². The Morgan fingerprint density at radius 3 is 2.79 bits per heavy atom. The summed E-state index contributed by atoms with van der Waals surface area (Å²) in [4.78, 5) is 7.42. The lowest BCUT2D eigenvalue weighted by Crippen LogP contribution is -1.91. The molecule has 0 radical (unpaired) electrons. The Balaban J connectivity index is 2.23. The van der Waals surface area contributed by atoms with Gasteiger partial charge in [-0.2, -0.15) is 0 Å². The molecule has 0 spiro atoms. The standard InChI is InChI=1S/C11H11ClN2/c1-8-7-13-11(14-8)6-9-4-2-3-5-10(9)12/h2-5,7H,6H2,1H3,(H,13,14). The molecule has 0 aliphatic heterocycles. The number of nitrogens with one attached hydrogen (secondary N) is 1. The lowest BCUT2D eigenvalue weighted by Gasteiger charge is -2.00. The number of nitrogens with zero attached hydrogens (tertiary/aromatic N) is 1. The lowest BCUT2D eigenvalue weighted by atomic mass is 10.1. The van der Waals surface area contributed by atoms with E-state index in [1.54, 1.807) is 0 Å². The molecule has 0 bridgehead atoms. The van der Waals surface area contributed by atoms with Crippen LogP contribution in [0.3, 0.4) is 0 Å². The van der Waals surface area contributed by atoms with Crippen molar-refractivity contribution in [3.05, 3.63) is 52.6 Å². The summed E-state index contributed by atoms with van der Waals surface area (Å²) in [6, 6.07) is 7.82. The van der Waals surface area contributed by atoms with Crippen LogP contribution in [0.1, 0.15) is 17.1 Å². The highest BCUT2D eigenvalue weighted by Crippen LogP contribution is 2.17. The maximum absolute atomic E-state index is 6.04. The topological polar surface area (TPSA) is 28.7 Å². The Hall–Kier alpha value is -1.28. The first kappa shape index (κ1) is 9.28. The van der Waals surface area contributed by atoms with Crippen LogP contribution in [0.2, 0.25) is 5.02 Å². The van der Waals surface area contributed by atoms with E-state index in [9.17, 15) is 0 Å². The highest BCUT2D eigenvalue weighted by molar-refractivity contribution is 6.31. The molecule has 1 N–H and O–H groups in total. The third kappa shape index (κ3) is 1.96. The molecule has 0 aliphatic rings. The van der Waals surface area contributed by atoms with Gasteiger partial charge in [0.2, 0.25) is 0 Å². The van der Waals surface area contributed by atoms with Crippen LogP contribution in [0.15, 0.2) is 30.5 Å². The molecule has 2 aromatic rings. The second kappa shape index (κ2) is 3.84. The SMILES string of the molecule is Cc1cnc(Cc2ccccc2Cl)[nH]1. The average Bonchev–Trinajstić information content (AvgIpc) is 2.56. The first-order valence-electron chi connectivity index (χ1n) is 4.49. The number of aryl methyl sites for hydroxylation is 1. The van der Waals surface area contributed by atoms with E-state index in [4.69, 9.17) is 11.6 Å². The van der Waals surface area contributed by atoms with E-state index in [0.717, 1.165) is 28.5 Å². The fourth-order valence-corrected chi connectivity index (χ4v) is 1.58. The van der Waals surface area contributed by atoms with E-state index in [0.29, 0.717) is 0 Å². The molecule has 2 nitrogen and oxygen atoms in total. The Bertz CT molecular complexity index is 434. The van der Waals surface area contributed by atoms with Crippen LogP contribution < -0.4 is 0 Å². The molecule has 1 aromatic carbocycles. The van der Waals surface area contributed by atoms with Crippen molar-refractivity contribution in [3.63, 3.8) is 0 Å². The van der Waals surface area contributed by atoms with Gasteiger partial charge in [-0.25, -0.2) is 4.98 Å². The van der Waals surface area contributed by atoms with Crippen molar-refractivity contribution in [2.24, 2.45) is 0 Å². The van der Waals surface area contributed by atoms with Gasteiger partial charge in [-0.05, 0) is 18.6 Å². The molecule has 1 aromatic heterocycles. The van der Waals surface area contributed by atoms with Gasteiger partial charge in [0.15, 0.2) is 0 Å². The van der Waals surface area contributed by atoms with Gasteiger partial charge in [-0.3, -0.25) is 0 Å². The van der Waals surface area contributed by atoms with E-state index in [1.807, 2.05) is 37.4 Å². The first-order valence-corrected chi connectivity index (χ1v) is 4.87. The number of aromatic amines is 1. The molecule has 2 rings (SSSR count). The van der Waals surface area contributed by atoms with Crippen molar-refractivity contribution < 1.29 is 0 Å². The summed E-state index contributed by atoms with van der Waals surface area (Å²) in [6.07, 6.45) is 2.58. The highest BCUT2D eigenvalue weighted by Gasteiger charge is 2.02. The summed E-state index contributed by atoms with van der Waals surface area (Å²) in [6.45, 7) is 1.99. The fourth-order valence-electron chi connectivity index (χ4n) is 1.38. The maximum Gasteiger partial charge on any atom is 0.110 e. The van der Waals surface area contributed by atoms with Crippen molar-refractivity contribution in [2.45, 2.75) is 13.3 Å². The van der Waals surface area contributed by atoms with Crippen LogP contribution in [0, 0.1) is 6.92 Å². The summed E-state index contributed by atoms with van der Waals surface area (Å²) in [5, 5.41) is 0.793. The smallest absolute Gasteiger partial charge is 0.110 e. The summed E-state index contributed by atoms with van der Waals surface area (Å²) >= 11 is 6.04. The quantitative estimate of drug-likeness (QED) is 0.804. The zero-order valence-corrected chi connectivity index (χ0v) is 8.67. The molecule has 0 saturated carbocycles. The third-order valence-corrected chi connectivity index (χ3v) is 2.44. The van der Waals surface area contributed by atoms with Gasteiger partial charge in [0.05, 0.1) is 0 Å². The molecule has 3 heteroatoms. The average molecular weight is 207 g/mol. The molecule has 0 saturated heterocycles. The number of rotatable bonds is 2. The molecule has 0 unspecified atom stereocenters. The van der Waals surface area contributed by atoms with Gasteiger partial charge in [-0.15, -0.1) is 0 Å². The first-order chi connectivity index (χ1) is 6.75. The number of hydrogen-bond acceptors (Lipinski definition) is 1. The zero-order valence-electron chi connectivity index (χ0n) is 7.92. The zero-order chi connectivity index (χ0) is 9.97. The number of hydrogen-bond donors (Lipinski definition) is 1. The molecule has 0 aliphatic carbocycles. The second-order valence-corrected chi connectivity index (χ2v) is 3.69. The summed E-state index contributed by atoms with van der Waals surface area (Å²) < 4.78 is 0. The minimum absolute atomic E-state index is 0.757. The Morgan fingerprint density at radius 2 is 2.14 bits per heavy atom. The normalized spacial score (nSPS) is 10.4. The van der Waals surface area contributed by atoms with Crippen molar-refractivity contribution in [2.75, 3.05) is 0 Å². The van der Waals surface area contributed by atoms with Crippen molar-refractivity contribution >= 4 is 11.6 Å². The van der Waals surface area contributed by atoms with Crippen LogP contribution in [-0.4, -0.2) is 9.97 Å². The summed E-state index contributed by atoms with van der Waals surface area (Å²) in [7, 11) is 0. The Kier molecular flexibility index (Phi) is 2.55. The van der Waals surface area contributed by atoms with Crippen molar-refractivity contribution in [1.82, 2.24) is 9.97 Å². The summed E-state index contributed by atoms with van der Waals surface area (Å²) in [5.74, 6) is 0.954. The highest BCUT2D eigenvalue weighted by atomic mass is 35.5. The van der Waals surface area contributed by atoms with Crippen LogP contribution in [0.5, 0.6) is 0 Å². The molecule has 1 heterocycles. The molecular weight excluding hydrogens is 196 g/mol. The number of H-pyrrole nitrogens is 1. The Labute approximate surface area is 88.0 Å². The van der Waals surface area contributed by atoms with Gasteiger partial charge in [-0.1, -0.05) is 29.8 Å². The minimum atomic E-state index is 0.757. The van der Waals surface area contributed by atoms with Gasteiger partial charge in [0.25, 0.3) is 0 Å². The van der Waals surface area contributed by atoms with Crippen LogP contribution in [-0.2, 0) is 6.42 Å². The monoisotopic (exact) mass is 206 g/mol. The lowest BCUT2D eigenvalue weighted by molar-refractivity contribution is 1.02. The van der Waals surface area contributed by atoms with Gasteiger partial charge in [0, 0.05) is 23.3 Å². The minimum Gasteiger partial charge on any atom is -0.346 e. The van der Waals surface area contributed by atoms with Crippen LogP contribution in [0.4, 0.5) is 0 Å². The number of aromatic nitrogens is 2. The third-order valence-electron chi connectivity index (χ3n) is 2.07. The number of imidazole rings is 1. The van der Waals surface area contributed by atoms with Crippen molar-refractivity contribution in [1.29, 1.82) is 0 Å². The number of halogens is 1. The van der Waals surface area contributed by atoms with Gasteiger partial charge >= 0.3 is 0 Å². The predicted molar refractivity (Wildman–Crippen MR) is 57.6 cm³/mol. The summed E-state index contributed by atoms with van der Waals surface area (Å²) in [5.41, 5.74) is 2.18. The molecule has 0 amide bonds. The second-order valence-electron chi connectivity index (χ2n) is 3.28. The van der Waals surface area contributed by atoms with E-state index in [-0.39, 0.29) is 0 Å². The molecule has 0 fully saturated rings. The van der Waals surface area contributed by atoms with Gasteiger partial charge < -0.3 is 4.98 Å². The maximum atomic E-state index is 6.04. The van der Waals surface area contributed by atoms with Crippen LogP contribution in [0.25, 0.3) is 0 Å². The Morgan fingerprint density at radius 1 is 1.36 bits per heavy atom. The van der Waals surface area contributed by atoms with Gasteiger partial charge in [0.1, 0.15) is 5.82 Å². The predicted octanol–water partition coefficient (Wildman–Crippen LogP) is 2.96.